The third-order valence-electron chi connectivity index (χ3n) is 5.68. The van der Waals surface area contributed by atoms with Crippen LogP contribution in [0.1, 0.15) is 29.0 Å². The van der Waals surface area contributed by atoms with Crippen LogP contribution in [0.3, 0.4) is 0 Å². The van der Waals surface area contributed by atoms with Crippen LogP contribution in [0.25, 0.3) is 5.65 Å². The molecule has 9 heteroatoms. The number of carbonyl (C=O) groups is 1. The maximum Gasteiger partial charge on any atom is 0.275 e. The van der Waals surface area contributed by atoms with Gasteiger partial charge in [-0.3, -0.25) is 4.79 Å². The summed E-state index contributed by atoms with van der Waals surface area (Å²) in [6.45, 7) is 3.42. The minimum absolute atomic E-state index is 0.161. The fourth-order valence-corrected chi connectivity index (χ4v) is 3.90. The molecule has 5 rings (SSSR count). The van der Waals surface area contributed by atoms with Crippen LogP contribution < -0.4 is 16.0 Å². The minimum Gasteiger partial charge on any atom is -0.353 e. The lowest BCUT2D eigenvalue weighted by atomic mass is 10.0. The normalized spacial score (nSPS) is 20.1. The van der Waals surface area contributed by atoms with Crippen LogP contribution in [-0.2, 0) is 0 Å². The molecular weight excluding hydrogens is 361 g/mol. The van der Waals surface area contributed by atoms with Crippen molar-refractivity contribution in [2.45, 2.75) is 25.8 Å². The van der Waals surface area contributed by atoms with Gasteiger partial charge in [0.05, 0.1) is 23.8 Å². The first-order valence-corrected chi connectivity index (χ1v) is 9.22. The van der Waals surface area contributed by atoms with E-state index in [4.69, 9.17) is 5.73 Å². The Hall–Kier alpha value is -3.07. The molecule has 1 saturated carbocycles. The summed E-state index contributed by atoms with van der Waals surface area (Å²) in [5, 5.41) is 2.66. The van der Waals surface area contributed by atoms with Gasteiger partial charge in [0.2, 0.25) is 0 Å². The van der Waals surface area contributed by atoms with Gasteiger partial charge in [0.15, 0.2) is 11.5 Å². The fraction of sp³-hybridized carbons (Fsp3) is 0.368. The van der Waals surface area contributed by atoms with Crippen molar-refractivity contribution in [3.8, 4) is 0 Å². The van der Waals surface area contributed by atoms with Gasteiger partial charge in [-0.15, -0.1) is 0 Å². The van der Waals surface area contributed by atoms with Crippen molar-refractivity contribution in [2.24, 2.45) is 11.1 Å². The smallest absolute Gasteiger partial charge is 0.275 e. The molecule has 1 spiro atoms. The molecule has 3 aromatic rings. The highest BCUT2D eigenvalue weighted by atomic mass is 19.1. The lowest BCUT2D eigenvalue weighted by molar-refractivity contribution is 0.102. The van der Waals surface area contributed by atoms with E-state index in [2.05, 4.69) is 25.2 Å². The number of aromatic nitrogens is 4. The van der Waals surface area contributed by atoms with Crippen molar-refractivity contribution < 1.29 is 9.18 Å². The van der Waals surface area contributed by atoms with Crippen molar-refractivity contribution >= 4 is 23.1 Å². The van der Waals surface area contributed by atoms with Crippen LogP contribution in [0.2, 0.25) is 0 Å². The average Bonchev–Trinajstić information content (AvgIpc) is 3.24. The number of anilines is 2. The Morgan fingerprint density at radius 1 is 1.32 bits per heavy atom. The summed E-state index contributed by atoms with van der Waals surface area (Å²) < 4.78 is 15.7. The van der Waals surface area contributed by atoms with Crippen LogP contribution in [0.5, 0.6) is 0 Å². The molecule has 0 radical (unpaired) electrons. The fourth-order valence-electron chi connectivity index (χ4n) is 3.90. The molecule has 3 N–H and O–H groups in total. The molecule has 4 heterocycles. The van der Waals surface area contributed by atoms with Gasteiger partial charge >= 0.3 is 0 Å². The van der Waals surface area contributed by atoms with Crippen LogP contribution in [0.15, 0.2) is 30.9 Å². The third-order valence-corrected chi connectivity index (χ3v) is 5.68. The molecule has 28 heavy (non-hydrogen) atoms. The number of amides is 1. The Bertz CT molecular complexity index is 1070. The summed E-state index contributed by atoms with van der Waals surface area (Å²) >= 11 is 0. The third kappa shape index (κ3) is 2.78. The van der Waals surface area contributed by atoms with Crippen molar-refractivity contribution in [1.82, 2.24) is 19.4 Å². The molecule has 144 valence electrons. The molecule has 1 unspecified atom stereocenters. The molecule has 3 aromatic heterocycles. The predicted octanol–water partition coefficient (Wildman–Crippen LogP) is 1.75. The SMILES string of the molecule is Cc1cn2cc(NC(=O)c3cnc(N4CC(N)C5(CC5)C4)cn3)cc(F)c2n1. The van der Waals surface area contributed by atoms with Gasteiger partial charge < -0.3 is 20.4 Å². The number of imidazole rings is 1. The molecule has 2 fully saturated rings. The second-order valence-electron chi connectivity index (χ2n) is 7.75. The Morgan fingerprint density at radius 3 is 2.82 bits per heavy atom. The van der Waals surface area contributed by atoms with Gasteiger partial charge in [0, 0.05) is 43.0 Å². The molecule has 1 aliphatic carbocycles. The molecule has 1 atom stereocenters. The first-order valence-electron chi connectivity index (χ1n) is 9.22. The van der Waals surface area contributed by atoms with E-state index >= 15 is 0 Å². The molecule has 0 aromatic carbocycles. The van der Waals surface area contributed by atoms with Crippen LogP contribution in [0.4, 0.5) is 15.9 Å². The predicted molar refractivity (Wildman–Crippen MR) is 102 cm³/mol. The maximum atomic E-state index is 14.2. The van der Waals surface area contributed by atoms with E-state index in [1.54, 1.807) is 29.9 Å². The van der Waals surface area contributed by atoms with Crippen LogP contribution in [0, 0.1) is 18.2 Å². The molecule has 8 nitrogen and oxygen atoms in total. The molecule has 1 aliphatic heterocycles. The number of pyridine rings is 1. The van der Waals surface area contributed by atoms with Gasteiger partial charge in [-0.05, 0) is 19.8 Å². The number of rotatable bonds is 3. The first-order chi connectivity index (χ1) is 13.4. The standard InChI is InChI=1S/C19H20FN7O/c1-11-7-26-8-12(4-13(20)17(26)24-11)25-18(28)14-5-23-16(6-22-14)27-9-15(21)19(10-27)2-3-19/h4-8,15H,2-3,9-10,21H2,1H3,(H,25,28). The number of aryl methyl sites for hydroxylation is 1. The Balaban J connectivity index is 1.32. The molecule has 1 saturated heterocycles. The van der Waals surface area contributed by atoms with Crippen molar-refractivity contribution in [1.29, 1.82) is 0 Å². The summed E-state index contributed by atoms with van der Waals surface area (Å²) in [6.07, 6.45) is 8.65. The van der Waals surface area contributed by atoms with E-state index in [9.17, 15) is 9.18 Å². The second-order valence-corrected chi connectivity index (χ2v) is 7.75. The lowest BCUT2D eigenvalue weighted by Crippen LogP contribution is -2.30. The topological polar surface area (TPSA) is 101 Å². The second kappa shape index (κ2) is 5.96. The zero-order valence-electron chi connectivity index (χ0n) is 15.4. The van der Waals surface area contributed by atoms with E-state index in [-0.39, 0.29) is 22.8 Å². The summed E-state index contributed by atoms with van der Waals surface area (Å²) in [4.78, 5) is 27.3. The minimum atomic E-state index is -0.508. The number of nitrogens with two attached hydrogens (primary N) is 1. The van der Waals surface area contributed by atoms with Crippen molar-refractivity contribution in [3.63, 3.8) is 0 Å². The largest absolute Gasteiger partial charge is 0.353 e. The number of hydrogen-bond acceptors (Lipinski definition) is 6. The Morgan fingerprint density at radius 2 is 2.14 bits per heavy atom. The molecule has 0 bridgehead atoms. The summed E-state index contributed by atoms with van der Waals surface area (Å²) in [6, 6.07) is 1.40. The van der Waals surface area contributed by atoms with E-state index in [0.717, 1.165) is 31.7 Å². The number of nitrogens with one attached hydrogen (secondary N) is 1. The molecule has 2 aliphatic rings. The summed E-state index contributed by atoms with van der Waals surface area (Å²) in [5.74, 6) is -0.240. The van der Waals surface area contributed by atoms with Crippen LogP contribution >= 0.6 is 0 Å². The number of halogens is 1. The number of carbonyl (C=O) groups excluding carboxylic acids is 1. The molecule has 1 amide bonds. The number of fused-ring (bicyclic) bond motifs is 1. The zero-order chi connectivity index (χ0) is 19.5. The van der Waals surface area contributed by atoms with Crippen LogP contribution in [-0.4, -0.2) is 44.4 Å². The maximum absolute atomic E-state index is 14.2. The van der Waals surface area contributed by atoms with Gasteiger partial charge in [0.25, 0.3) is 5.91 Å². The lowest BCUT2D eigenvalue weighted by Gasteiger charge is -2.16. The monoisotopic (exact) mass is 381 g/mol. The van der Waals surface area contributed by atoms with E-state index in [1.807, 2.05) is 0 Å². The Kier molecular flexibility index (Phi) is 3.63. The highest BCUT2D eigenvalue weighted by molar-refractivity contribution is 6.02. The zero-order valence-corrected chi connectivity index (χ0v) is 15.4. The van der Waals surface area contributed by atoms with Crippen molar-refractivity contribution in [3.05, 3.63) is 48.1 Å². The number of nitrogens with zero attached hydrogens (tertiary/aromatic N) is 5. The van der Waals surface area contributed by atoms with E-state index in [1.165, 1.54) is 12.3 Å². The van der Waals surface area contributed by atoms with Gasteiger partial charge in [-0.1, -0.05) is 0 Å². The summed E-state index contributed by atoms with van der Waals surface area (Å²) in [5.41, 5.74) is 7.87. The quantitative estimate of drug-likeness (QED) is 0.717. The summed E-state index contributed by atoms with van der Waals surface area (Å²) in [7, 11) is 0. The number of hydrogen-bond donors (Lipinski definition) is 2. The first kappa shape index (κ1) is 17.1. The Labute approximate surface area is 160 Å². The molecular formula is C19H20FN7O. The highest BCUT2D eigenvalue weighted by Crippen LogP contribution is 2.52. The van der Waals surface area contributed by atoms with Crippen molar-refractivity contribution in [2.75, 3.05) is 23.3 Å². The average molecular weight is 381 g/mol. The van der Waals surface area contributed by atoms with E-state index < -0.39 is 11.7 Å². The van der Waals surface area contributed by atoms with Gasteiger partial charge in [-0.2, -0.15) is 0 Å². The van der Waals surface area contributed by atoms with Gasteiger partial charge in [-0.25, -0.2) is 19.3 Å². The highest BCUT2D eigenvalue weighted by Gasteiger charge is 2.53. The van der Waals surface area contributed by atoms with E-state index in [0.29, 0.717) is 11.4 Å². The van der Waals surface area contributed by atoms with Gasteiger partial charge in [0.1, 0.15) is 11.5 Å².